The highest BCUT2D eigenvalue weighted by Crippen LogP contribution is 2.29. The third-order valence-corrected chi connectivity index (χ3v) is 4.42. The van der Waals surface area contributed by atoms with Gasteiger partial charge in [0.05, 0.1) is 16.8 Å². The zero-order valence-electron chi connectivity index (χ0n) is 15.1. The van der Waals surface area contributed by atoms with Gasteiger partial charge >= 0.3 is 0 Å². The molecule has 0 bridgehead atoms. The fraction of sp³-hybridized carbons (Fsp3) is 0. The number of amides is 4. The smallest absolute Gasteiger partial charge is 0.261 e. The molecule has 1 aliphatic heterocycles. The minimum Gasteiger partial charge on any atom is -0.322 e. The maximum atomic E-state index is 12.5. The fourth-order valence-electron chi connectivity index (χ4n) is 3.05. The number of rotatable bonds is 4. The van der Waals surface area contributed by atoms with Crippen molar-refractivity contribution in [2.24, 2.45) is 0 Å². The van der Waals surface area contributed by atoms with Gasteiger partial charge < -0.3 is 10.6 Å². The topological polar surface area (TPSA) is 104 Å². The molecule has 0 spiro atoms. The second kappa shape index (κ2) is 7.40. The van der Waals surface area contributed by atoms with Crippen molar-refractivity contribution in [3.05, 3.63) is 95.1 Å². The van der Waals surface area contributed by atoms with Crippen LogP contribution in [-0.2, 0) is 0 Å². The van der Waals surface area contributed by atoms with Gasteiger partial charge in [0, 0.05) is 16.8 Å². The monoisotopic (exact) mass is 385 g/mol. The Balaban J connectivity index is 1.69. The molecule has 0 aromatic heterocycles. The first-order chi connectivity index (χ1) is 14.0. The summed E-state index contributed by atoms with van der Waals surface area (Å²) in [6.07, 6.45) is 0. The van der Waals surface area contributed by atoms with Gasteiger partial charge in [0.2, 0.25) is 0 Å². The predicted molar refractivity (Wildman–Crippen MR) is 107 cm³/mol. The van der Waals surface area contributed by atoms with Crippen molar-refractivity contribution in [3.63, 3.8) is 0 Å². The average molecular weight is 385 g/mol. The molecule has 0 saturated carbocycles. The normalized spacial score (nSPS) is 12.1. The van der Waals surface area contributed by atoms with E-state index in [0.717, 1.165) is 0 Å². The summed E-state index contributed by atoms with van der Waals surface area (Å²) < 4.78 is 0. The van der Waals surface area contributed by atoms with Crippen molar-refractivity contribution in [2.45, 2.75) is 0 Å². The number of carbonyl (C=O) groups excluding carboxylic acids is 4. The molecule has 142 valence electrons. The lowest BCUT2D eigenvalue weighted by atomic mass is 10.0. The molecule has 4 amide bonds. The number of carbonyl (C=O) groups is 4. The van der Waals surface area contributed by atoms with E-state index in [2.05, 4.69) is 16.0 Å². The average Bonchev–Trinajstić information content (AvgIpc) is 3.03. The Kier molecular flexibility index (Phi) is 4.62. The molecule has 3 aromatic carbocycles. The summed E-state index contributed by atoms with van der Waals surface area (Å²) in [6, 6.07) is 19.9. The molecular weight excluding hydrogens is 370 g/mol. The zero-order valence-corrected chi connectivity index (χ0v) is 15.1. The van der Waals surface area contributed by atoms with Crippen molar-refractivity contribution in [3.8, 4) is 0 Å². The molecule has 0 saturated heterocycles. The summed E-state index contributed by atoms with van der Waals surface area (Å²) >= 11 is 0. The van der Waals surface area contributed by atoms with Crippen LogP contribution >= 0.6 is 0 Å². The van der Waals surface area contributed by atoms with Crippen LogP contribution in [0.2, 0.25) is 0 Å². The molecule has 1 heterocycles. The molecule has 0 unspecified atom stereocenters. The van der Waals surface area contributed by atoms with Crippen LogP contribution in [-0.4, -0.2) is 23.6 Å². The molecule has 0 atom stereocenters. The molecule has 0 aliphatic carbocycles. The number of hydrogen-bond donors (Lipinski definition) is 3. The predicted octanol–water partition coefficient (Wildman–Crippen LogP) is 3.07. The van der Waals surface area contributed by atoms with Crippen LogP contribution in [0, 0.1) is 0 Å². The van der Waals surface area contributed by atoms with Crippen LogP contribution in [0.5, 0.6) is 0 Å². The number of hydrogen-bond acceptors (Lipinski definition) is 4. The van der Waals surface area contributed by atoms with E-state index in [1.54, 1.807) is 60.7 Å². The van der Waals surface area contributed by atoms with E-state index in [4.69, 9.17) is 0 Å². The summed E-state index contributed by atoms with van der Waals surface area (Å²) in [5, 5.41) is 7.56. The second-order valence-electron chi connectivity index (χ2n) is 6.37. The molecule has 7 nitrogen and oxygen atoms in total. The standard InChI is InChI=1S/C22H15N3O4/c26-19(13-7-3-1-4-8-13)23-15-11-16-18(22(29)25-21(16)28)17(12-15)24-20(27)14-9-5-2-6-10-14/h1-12H,(H,23,26)(H,24,27)(H,25,28,29). The Morgan fingerprint density at radius 1 is 0.690 bits per heavy atom. The fourth-order valence-corrected chi connectivity index (χ4v) is 3.05. The van der Waals surface area contributed by atoms with Gasteiger partial charge in [-0.15, -0.1) is 0 Å². The van der Waals surface area contributed by atoms with Crippen molar-refractivity contribution in [1.29, 1.82) is 0 Å². The highest BCUT2D eigenvalue weighted by molar-refractivity contribution is 6.25. The SMILES string of the molecule is O=C(Nc1cc(NC(=O)c2ccccc2)c2c(c1)C(=O)NC2=O)c1ccccc1. The second-order valence-corrected chi connectivity index (χ2v) is 6.37. The van der Waals surface area contributed by atoms with Gasteiger partial charge in [0.25, 0.3) is 23.6 Å². The minimum absolute atomic E-state index is 0.0667. The maximum Gasteiger partial charge on any atom is 0.261 e. The number of fused-ring (bicyclic) bond motifs is 1. The quantitative estimate of drug-likeness (QED) is 0.600. The van der Waals surface area contributed by atoms with Crippen LogP contribution in [0.3, 0.4) is 0 Å². The van der Waals surface area contributed by atoms with Crippen LogP contribution in [0.4, 0.5) is 11.4 Å². The third-order valence-electron chi connectivity index (χ3n) is 4.42. The van der Waals surface area contributed by atoms with Crippen molar-refractivity contribution in [2.75, 3.05) is 10.6 Å². The summed E-state index contributed by atoms with van der Waals surface area (Å²) in [4.78, 5) is 49.3. The zero-order chi connectivity index (χ0) is 20.4. The van der Waals surface area contributed by atoms with E-state index < -0.39 is 17.7 Å². The Morgan fingerprint density at radius 2 is 1.24 bits per heavy atom. The summed E-state index contributed by atoms with van der Waals surface area (Å²) in [5.41, 5.74) is 1.41. The summed E-state index contributed by atoms with van der Waals surface area (Å²) in [6.45, 7) is 0. The van der Waals surface area contributed by atoms with Crippen molar-refractivity contribution in [1.82, 2.24) is 5.32 Å². The molecule has 1 aliphatic rings. The first-order valence-electron chi connectivity index (χ1n) is 8.79. The van der Waals surface area contributed by atoms with E-state index in [1.807, 2.05) is 0 Å². The van der Waals surface area contributed by atoms with E-state index in [-0.39, 0.29) is 28.4 Å². The lowest BCUT2D eigenvalue weighted by Gasteiger charge is -2.12. The van der Waals surface area contributed by atoms with Gasteiger partial charge in [0.1, 0.15) is 0 Å². The minimum atomic E-state index is -0.603. The highest BCUT2D eigenvalue weighted by atomic mass is 16.2. The van der Waals surface area contributed by atoms with Crippen LogP contribution < -0.4 is 16.0 Å². The van der Waals surface area contributed by atoms with E-state index in [0.29, 0.717) is 11.1 Å². The number of benzene rings is 3. The summed E-state index contributed by atoms with van der Waals surface area (Å²) in [5.74, 6) is -2.01. The molecule has 3 N–H and O–H groups in total. The highest BCUT2D eigenvalue weighted by Gasteiger charge is 2.31. The number of nitrogens with one attached hydrogen (secondary N) is 3. The van der Waals surface area contributed by atoms with Gasteiger partial charge in [0.15, 0.2) is 0 Å². The first-order valence-corrected chi connectivity index (χ1v) is 8.79. The van der Waals surface area contributed by atoms with E-state index in [1.165, 1.54) is 12.1 Å². The molecule has 0 fully saturated rings. The van der Waals surface area contributed by atoms with Gasteiger partial charge in [-0.05, 0) is 36.4 Å². The van der Waals surface area contributed by atoms with Crippen molar-refractivity contribution >= 4 is 35.0 Å². The van der Waals surface area contributed by atoms with Gasteiger partial charge in [-0.25, -0.2) is 0 Å². The molecule has 29 heavy (non-hydrogen) atoms. The maximum absolute atomic E-state index is 12.5. The van der Waals surface area contributed by atoms with Gasteiger partial charge in [-0.2, -0.15) is 0 Å². The van der Waals surface area contributed by atoms with Crippen LogP contribution in [0.15, 0.2) is 72.8 Å². The van der Waals surface area contributed by atoms with Crippen LogP contribution in [0.25, 0.3) is 0 Å². The van der Waals surface area contributed by atoms with E-state index in [9.17, 15) is 19.2 Å². The van der Waals surface area contributed by atoms with Crippen molar-refractivity contribution < 1.29 is 19.2 Å². The first kappa shape index (κ1) is 18.1. The lowest BCUT2D eigenvalue weighted by Crippen LogP contribution is -2.20. The third kappa shape index (κ3) is 3.61. The molecular formula is C22H15N3O4. The van der Waals surface area contributed by atoms with Crippen LogP contribution in [0.1, 0.15) is 41.4 Å². The Bertz CT molecular complexity index is 1140. The Labute approximate surface area is 165 Å². The number of imide groups is 1. The van der Waals surface area contributed by atoms with E-state index >= 15 is 0 Å². The molecule has 4 rings (SSSR count). The molecule has 0 radical (unpaired) electrons. The lowest BCUT2D eigenvalue weighted by molar-refractivity contribution is 0.0878. The Hall–Kier alpha value is -4.26. The largest absolute Gasteiger partial charge is 0.322 e. The van der Waals surface area contributed by atoms with Gasteiger partial charge in [-0.1, -0.05) is 36.4 Å². The molecule has 7 heteroatoms. The molecule has 3 aromatic rings. The van der Waals surface area contributed by atoms with Gasteiger partial charge in [-0.3, -0.25) is 24.5 Å². The number of anilines is 2. The summed E-state index contributed by atoms with van der Waals surface area (Å²) in [7, 11) is 0. The Morgan fingerprint density at radius 3 is 1.83 bits per heavy atom.